The molecule has 106 valence electrons. The maximum Gasteiger partial charge on any atom is 0.126 e. The van der Waals surface area contributed by atoms with Crippen LogP contribution in [-0.2, 0) is 0 Å². The Labute approximate surface area is 131 Å². The third-order valence-electron chi connectivity index (χ3n) is 2.98. The number of aliphatic hydroxyl groups excluding tert-OH is 1. The average Bonchev–Trinajstić information content (AvgIpc) is 2.46. The van der Waals surface area contributed by atoms with E-state index in [2.05, 4.69) is 15.9 Å². The Hall–Kier alpha value is -1.23. The molecule has 0 saturated heterocycles. The lowest BCUT2D eigenvalue weighted by Gasteiger charge is -2.18. The van der Waals surface area contributed by atoms with E-state index in [1.165, 1.54) is 0 Å². The van der Waals surface area contributed by atoms with Crippen LogP contribution in [0.25, 0.3) is 0 Å². The second-order valence-electron chi connectivity index (χ2n) is 4.18. The van der Waals surface area contributed by atoms with Gasteiger partial charge in [0, 0.05) is 20.6 Å². The van der Waals surface area contributed by atoms with Crippen molar-refractivity contribution in [2.75, 3.05) is 14.2 Å². The molecular formula is C15H14BrClO3. The Bertz CT molecular complexity index is 616. The molecule has 1 N–H and O–H groups in total. The molecule has 5 heteroatoms. The SMILES string of the molecule is COc1cc(Br)ccc1C(O)c1cc(Cl)ccc1OC. The zero-order chi connectivity index (χ0) is 14.7. The minimum absolute atomic E-state index is 0.538. The van der Waals surface area contributed by atoms with Gasteiger partial charge in [-0.05, 0) is 30.3 Å². The zero-order valence-electron chi connectivity index (χ0n) is 11.1. The normalized spacial score (nSPS) is 12.1. The van der Waals surface area contributed by atoms with Crippen LogP contribution in [0.2, 0.25) is 5.02 Å². The minimum Gasteiger partial charge on any atom is -0.496 e. The summed E-state index contributed by atoms with van der Waals surface area (Å²) in [7, 11) is 3.12. The summed E-state index contributed by atoms with van der Waals surface area (Å²) in [5, 5.41) is 11.1. The highest BCUT2D eigenvalue weighted by atomic mass is 79.9. The van der Waals surface area contributed by atoms with Crippen molar-refractivity contribution in [2.45, 2.75) is 6.10 Å². The summed E-state index contributed by atoms with van der Waals surface area (Å²) in [4.78, 5) is 0. The predicted octanol–water partition coefficient (Wildman–Crippen LogP) is 4.20. The molecule has 0 heterocycles. The molecule has 0 amide bonds. The first-order valence-corrected chi connectivity index (χ1v) is 7.09. The van der Waals surface area contributed by atoms with E-state index in [1.54, 1.807) is 44.6 Å². The maximum atomic E-state index is 10.6. The third kappa shape index (κ3) is 3.08. The molecular weight excluding hydrogens is 344 g/mol. The number of halogens is 2. The molecule has 0 fully saturated rings. The second-order valence-corrected chi connectivity index (χ2v) is 5.53. The molecule has 20 heavy (non-hydrogen) atoms. The summed E-state index contributed by atoms with van der Waals surface area (Å²) < 4.78 is 11.5. The molecule has 0 aliphatic heterocycles. The molecule has 2 aromatic rings. The van der Waals surface area contributed by atoms with E-state index in [1.807, 2.05) is 6.07 Å². The molecule has 0 aliphatic carbocycles. The van der Waals surface area contributed by atoms with Gasteiger partial charge in [0.25, 0.3) is 0 Å². The van der Waals surface area contributed by atoms with E-state index in [9.17, 15) is 5.11 Å². The number of methoxy groups -OCH3 is 2. The van der Waals surface area contributed by atoms with Gasteiger partial charge in [0.2, 0.25) is 0 Å². The lowest BCUT2D eigenvalue weighted by atomic mass is 10.00. The largest absolute Gasteiger partial charge is 0.496 e. The van der Waals surface area contributed by atoms with Gasteiger partial charge < -0.3 is 14.6 Å². The first kappa shape index (κ1) is 15.2. The van der Waals surface area contributed by atoms with Crippen LogP contribution in [-0.4, -0.2) is 19.3 Å². The summed E-state index contributed by atoms with van der Waals surface area (Å²) in [6.07, 6.45) is -0.883. The fraction of sp³-hybridized carbons (Fsp3) is 0.200. The first-order valence-electron chi connectivity index (χ1n) is 5.91. The van der Waals surface area contributed by atoms with Gasteiger partial charge in [0.1, 0.15) is 17.6 Å². The van der Waals surface area contributed by atoms with E-state index < -0.39 is 6.10 Å². The molecule has 2 aromatic carbocycles. The van der Waals surface area contributed by atoms with Crippen molar-refractivity contribution in [1.29, 1.82) is 0 Å². The van der Waals surface area contributed by atoms with Crippen molar-refractivity contribution in [1.82, 2.24) is 0 Å². The zero-order valence-corrected chi connectivity index (χ0v) is 13.4. The Morgan fingerprint density at radius 1 is 1.00 bits per heavy atom. The van der Waals surface area contributed by atoms with Gasteiger partial charge in [0.15, 0.2) is 0 Å². The Kier molecular flexibility index (Phi) is 4.91. The molecule has 2 rings (SSSR count). The van der Waals surface area contributed by atoms with E-state index in [-0.39, 0.29) is 0 Å². The highest BCUT2D eigenvalue weighted by Crippen LogP contribution is 2.37. The summed E-state index contributed by atoms with van der Waals surface area (Å²) in [6.45, 7) is 0. The van der Waals surface area contributed by atoms with Gasteiger partial charge in [-0.15, -0.1) is 0 Å². The smallest absolute Gasteiger partial charge is 0.126 e. The van der Waals surface area contributed by atoms with Crippen molar-refractivity contribution in [3.63, 3.8) is 0 Å². The molecule has 0 aliphatic rings. The van der Waals surface area contributed by atoms with Crippen LogP contribution in [0.5, 0.6) is 11.5 Å². The number of rotatable bonds is 4. The molecule has 0 radical (unpaired) electrons. The Balaban J connectivity index is 2.51. The van der Waals surface area contributed by atoms with Gasteiger partial charge in [0.05, 0.1) is 14.2 Å². The lowest BCUT2D eigenvalue weighted by molar-refractivity contribution is 0.209. The summed E-state index contributed by atoms with van der Waals surface area (Å²) in [5.41, 5.74) is 1.25. The summed E-state index contributed by atoms with van der Waals surface area (Å²) >= 11 is 9.37. The average molecular weight is 358 g/mol. The molecule has 1 unspecified atom stereocenters. The van der Waals surface area contributed by atoms with Crippen LogP contribution < -0.4 is 9.47 Å². The van der Waals surface area contributed by atoms with E-state index in [0.717, 1.165) is 4.47 Å². The van der Waals surface area contributed by atoms with Gasteiger partial charge >= 0.3 is 0 Å². The fourth-order valence-corrected chi connectivity index (χ4v) is 2.52. The molecule has 0 bridgehead atoms. The molecule has 3 nitrogen and oxygen atoms in total. The fourth-order valence-electron chi connectivity index (χ4n) is 2.00. The van der Waals surface area contributed by atoms with Crippen molar-refractivity contribution in [3.05, 3.63) is 57.0 Å². The van der Waals surface area contributed by atoms with E-state index >= 15 is 0 Å². The van der Waals surface area contributed by atoms with E-state index in [4.69, 9.17) is 21.1 Å². The van der Waals surface area contributed by atoms with Gasteiger partial charge in [-0.2, -0.15) is 0 Å². The Morgan fingerprint density at radius 2 is 1.70 bits per heavy atom. The van der Waals surface area contributed by atoms with E-state index in [0.29, 0.717) is 27.6 Å². The molecule has 1 atom stereocenters. The van der Waals surface area contributed by atoms with Crippen LogP contribution in [0.1, 0.15) is 17.2 Å². The topological polar surface area (TPSA) is 38.7 Å². The molecule has 0 saturated carbocycles. The number of hydrogen-bond donors (Lipinski definition) is 1. The van der Waals surface area contributed by atoms with Crippen LogP contribution in [0.15, 0.2) is 40.9 Å². The number of ether oxygens (including phenoxy) is 2. The number of aliphatic hydroxyl groups is 1. The van der Waals surface area contributed by atoms with Crippen LogP contribution in [0.3, 0.4) is 0 Å². The van der Waals surface area contributed by atoms with Gasteiger partial charge in [-0.25, -0.2) is 0 Å². The van der Waals surface area contributed by atoms with Crippen molar-refractivity contribution in [2.24, 2.45) is 0 Å². The van der Waals surface area contributed by atoms with Crippen molar-refractivity contribution >= 4 is 27.5 Å². The maximum absolute atomic E-state index is 10.6. The first-order chi connectivity index (χ1) is 9.56. The monoisotopic (exact) mass is 356 g/mol. The van der Waals surface area contributed by atoms with Crippen molar-refractivity contribution in [3.8, 4) is 11.5 Å². The predicted molar refractivity (Wildman–Crippen MR) is 82.8 cm³/mol. The van der Waals surface area contributed by atoms with Crippen LogP contribution >= 0.6 is 27.5 Å². The number of hydrogen-bond acceptors (Lipinski definition) is 3. The van der Waals surface area contributed by atoms with Crippen LogP contribution in [0.4, 0.5) is 0 Å². The quantitative estimate of drug-likeness (QED) is 0.891. The molecule has 0 aromatic heterocycles. The highest BCUT2D eigenvalue weighted by molar-refractivity contribution is 9.10. The molecule has 0 spiro atoms. The van der Waals surface area contributed by atoms with Crippen molar-refractivity contribution < 1.29 is 14.6 Å². The standard InChI is InChI=1S/C15H14BrClO3/c1-19-13-6-4-10(17)8-12(13)15(18)11-5-3-9(16)7-14(11)20-2/h3-8,15,18H,1-2H3. The highest BCUT2D eigenvalue weighted by Gasteiger charge is 2.19. The second kappa shape index (κ2) is 6.48. The van der Waals surface area contributed by atoms with Crippen LogP contribution in [0, 0.1) is 0 Å². The lowest BCUT2D eigenvalue weighted by Crippen LogP contribution is -2.04. The Morgan fingerprint density at radius 3 is 2.35 bits per heavy atom. The minimum atomic E-state index is -0.883. The van der Waals surface area contributed by atoms with Gasteiger partial charge in [-0.1, -0.05) is 33.6 Å². The summed E-state index contributed by atoms with van der Waals surface area (Å²) in [6, 6.07) is 10.6. The van der Waals surface area contributed by atoms with Gasteiger partial charge in [-0.3, -0.25) is 0 Å². The third-order valence-corrected chi connectivity index (χ3v) is 3.70. The summed E-state index contributed by atoms with van der Waals surface area (Å²) in [5.74, 6) is 1.17. The number of benzene rings is 2.